The molecule has 0 saturated heterocycles. The summed E-state index contributed by atoms with van der Waals surface area (Å²) in [7, 11) is -3.21. The molecule has 0 heterocycles. The molecule has 0 aromatic heterocycles. The first kappa shape index (κ1) is 12.1. The Morgan fingerprint density at radius 1 is 1.50 bits per heavy atom. The highest BCUT2D eigenvalue weighted by Crippen LogP contribution is 2.10. The molecular formula is C10H9N3O2S. The molecule has 0 aliphatic rings. The predicted octanol–water partition coefficient (Wildman–Crippen LogP) is 1.75. The van der Waals surface area contributed by atoms with Crippen LogP contribution in [0.5, 0.6) is 0 Å². The molecule has 0 saturated carbocycles. The Morgan fingerprint density at radius 2 is 2.25 bits per heavy atom. The maximum atomic E-state index is 11.2. The molecule has 0 spiro atoms. The molecule has 1 rings (SSSR count). The van der Waals surface area contributed by atoms with Crippen LogP contribution < -0.4 is 0 Å². The van der Waals surface area contributed by atoms with Gasteiger partial charge in [0.25, 0.3) is 0 Å². The van der Waals surface area contributed by atoms with Crippen LogP contribution in [0.3, 0.4) is 0 Å². The van der Waals surface area contributed by atoms with Crippen LogP contribution in [0.2, 0.25) is 0 Å². The number of hydrogen-bond acceptors (Lipinski definition) is 3. The van der Waals surface area contributed by atoms with E-state index in [-0.39, 0.29) is 11.4 Å². The molecule has 1 aromatic rings. The molecule has 0 aliphatic carbocycles. The first-order valence-electron chi connectivity index (χ1n) is 4.34. The minimum atomic E-state index is -3.21. The molecule has 0 N–H and O–H groups in total. The zero-order valence-corrected chi connectivity index (χ0v) is 9.40. The summed E-state index contributed by atoms with van der Waals surface area (Å²) in [5.74, 6) is 5.33. The minimum Gasteiger partial charge on any atom is -0.224 e. The summed E-state index contributed by atoms with van der Waals surface area (Å²) in [4.78, 5) is 2.78. The summed E-state index contributed by atoms with van der Waals surface area (Å²) < 4.78 is 22.5. The van der Waals surface area contributed by atoms with Gasteiger partial charge in [-0.3, -0.25) is 0 Å². The second kappa shape index (κ2) is 5.21. The van der Waals surface area contributed by atoms with Crippen LogP contribution in [0.1, 0.15) is 5.56 Å². The molecule has 0 fully saturated rings. The van der Waals surface area contributed by atoms with Gasteiger partial charge in [0, 0.05) is 16.7 Å². The second-order valence-electron chi connectivity index (χ2n) is 2.99. The fraction of sp³-hybridized carbons (Fsp3) is 0.200. The number of nitrogens with zero attached hydrogens (tertiary/aromatic N) is 3. The lowest BCUT2D eigenvalue weighted by Crippen LogP contribution is -1.96. The lowest BCUT2D eigenvalue weighted by molar-refractivity contribution is 0.602. The van der Waals surface area contributed by atoms with Gasteiger partial charge in [-0.25, -0.2) is 8.42 Å². The van der Waals surface area contributed by atoms with Gasteiger partial charge in [-0.1, -0.05) is 23.0 Å². The first-order valence-corrected chi connectivity index (χ1v) is 6.23. The van der Waals surface area contributed by atoms with E-state index in [9.17, 15) is 8.42 Å². The van der Waals surface area contributed by atoms with E-state index in [0.717, 1.165) is 6.26 Å². The van der Waals surface area contributed by atoms with Gasteiger partial charge in [-0.2, -0.15) is 0 Å². The van der Waals surface area contributed by atoms with E-state index < -0.39 is 9.84 Å². The van der Waals surface area contributed by atoms with Crippen LogP contribution in [-0.4, -0.2) is 21.2 Å². The Morgan fingerprint density at radius 3 is 2.88 bits per heavy atom. The molecule has 5 nitrogen and oxygen atoms in total. The van der Waals surface area contributed by atoms with Gasteiger partial charge in [0.2, 0.25) is 0 Å². The monoisotopic (exact) mass is 235 g/mol. The van der Waals surface area contributed by atoms with Crippen LogP contribution in [-0.2, 0) is 9.84 Å². The van der Waals surface area contributed by atoms with Crippen molar-refractivity contribution in [2.75, 3.05) is 12.8 Å². The highest BCUT2D eigenvalue weighted by molar-refractivity contribution is 7.90. The topological polar surface area (TPSA) is 82.9 Å². The Balaban J connectivity index is 2.98. The van der Waals surface area contributed by atoms with Gasteiger partial charge >= 0.3 is 0 Å². The lowest BCUT2D eigenvalue weighted by atomic mass is 10.2. The molecule has 16 heavy (non-hydrogen) atoms. The van der Waals surface area contributed by atoms with Crippen molar-refractivity contribution in [2.24, 2.45) is 5.11 Å². The Bertz CT molecular complexity index is 590. The molecular weight excluding hydrogens is 226 g/mol. The summed E-state index contributed by atoms with van der Waals surface area (Å²) in [5.41, 5.74) is 8.61. The van der Waals surface area contributed by atoms with E-state index in [4.69, 9.17) is 5.53 Å². The molecule has 82 valence electrons. The lowest BCUT2D eigenvalue weighted by Gasteiger charge is -1.97. The SMILES string of the molecule is CS(=O)(=O)c1cccc(C#CCN=[N+]=[N-])c1. The van der Waals surface area contributed by atoms with Crippen molar-refractivity contribution in [1.29, 1.82) is 0 Å². The highest BCUT2D eigenvalue weighted by Gasteiger charge is 2.05. The Labute approximate surface area is 93.6 Å². The van der Waals surface area contributed by atoms with Gasteiger partial charge < -0.3 is 0 Å². The van der Waals surface area contributed by atoms with Crippen molar-refractivity contribution < 1.29 is 8.42 Å². The van der Waals surface area contributed by atoms with E-state index in [0.29, 0.717) is 5.56 Å². The number of rotatable bonds is 2. The van der Waals surface area contributed by atoms with Crippen molar-refractivity contribution in [1.82, 2.24) is 0 Å². The number of hydrogen-bond donors (Lipinski definition) is 0. The fourth-order valence-corrected chi connectivity index (χ4v) is 1.68. The summed E-state index contributed by atoms with van der Waals surface area (Å²) in [6, 6.07) is 6.30. The quantitative estimate of drug-likeness (QED) is 0.338. The Hall–Kier alpha value is -1.96. The fourth-order valence-electron chi connectivity index (χ4n) is 1.01. The zero-order valence-electron chi connectivity index (χ0n) is 8.58. The third-order valence-electron chi connectivity index (χ3n) is 1.71. The van der Waals surface area contributed by atoms with E-state index in [1.165, 1.54) is 12.1 Å². The van der Waals surface area contributed by atoms with Crippen LogP contribution >= 0.6 is 0 Å². The van der Waals surface area contributed by atoms with E-state index >= 15 is 0 Å². The largest absolute Gasteiger partial charge is 0.224 e. The van der Waals surface area contributed by atoms with Gasteiger partial charge in [0.15, 0.2) is 9.84 Å². The molecule has 1 aromatic carbocycles. The van der Waals surface area contributed by atoms with Crippen molar-refractivity contribution >= 4 is 9.84 Å². The average Bonchev–Trinajstić information content (AvgIpc) is 2.24. The van der Waals surface area contributed by atoms with Crippen molar-refractivity contribution in [3.63, 3.8) is 0 Å². The summed E-state index contributed by atoms with van der Waals surface area (Å²) in [6.45, 7) is 0.0691. The van der Waals surface area contributed by atoms with Crippen molar-refractivity contribution in [3.8, 4) is 11.8 Å². The third kappa shape index (κ3) is 3.65. The van der Waals surface area contributed by atoms with E-state index in [1.54, 1.807) is 12.1 Å². The number of azide groups is 1. The molecule has 0 unspecified atom stereocenters. The maximum Gasteiger partial charge on any atom is 0.175 e. The van der Waals surface area contributed by atoms with Gasteiger partial charge in [0.05, 0.1) is 11.4 Å². The van der Waals surface area contributed by atoms with Gasteiger partial charge in [-0.05, 0) is 23.7 Å². The summed E-state index contributed by atoms with van der Waals surface area (Å²) in [5, 5.41) is 3.25. The van der Waals surface area contributed by atoms with Crippen molar-refractivity contribution in [3.05, 3.63) is 40.3 Å². The summed E-state index contributed by atoms with van der Waals surface area (Å²) >= 11 is 0. The van der Waals surface area contributed by atoms with E-state index in [2.05, 4.69) is 21.9 Å². The van der Waals surface area contributed by atoms with Gasteiger partial charge in [0.1, 0.15) is 0 Å². The van der Waals surface area contributed by atoms with Crippen LogP contribution in [0.15, 0.2) is 34.3 Å². The standard InChI is InChI=1S/C10H9N3O2S/c1-16(14,15)10-6-2-4-9(8-10)5-3-7-12-13-11/h2,4,6,8H,7H2,1H3. The third-order valence-corrected chi connectivity index (χ3v) is 2.82. The molecule has 0 bridgehead atoms. The molecule has 0 atom stereocenters. The smallest absolute Gasteiger partial charge is 0.175 e. The molecule has 6 heteroatoms. The minimum absolute atomic E-state index is 0.0691. The second-order valence-corrected chi connectivity index (χ2v) is 5.01. The number of benzene rings is 1. The normalized spacial score (nSPS) is 9.81. The number of sulfone groups is 1. The summed E-state index contributed by atoms with van der Waals surface area (Å²) in [6.07, 6.45) is 1.14. The zero-order chi connectivity index (χ0) is 12.0. The molecule has 0 amide bonds. The van der Waals surface area contributed by atoms with E-state index in [1.807, 2.05) is 0 Å². The maximum absolute atomic E-state index is 11.2. The first-order chi connectivity index (χ1) is 7.54. The van der Waals surface area contributed by atoms with Gasteiger partial charge in [-0.15, -0.1) is 0 Å². The highest BCUT2D eigenvalue weighted by atomic mass is 32.2. The van der Waals surface area contributed by atoms with Crippen LogP contribution in [0.4, 0.5) is 0 Å². The average molecular weight is 235 g/mol. The molecule has 0 radical (unpaired) electrons. The van der Waals surface area contributed by atoms with Crippen LogP contribution in [0, 0.1) is 11.8 Å². The van der Waals surface area contributed by atoms with Crippen LogP contribution in [0.25, 0.3) is 10.4 Å². The van der Waals surface area contributed by atoms with Crippen molar-refractivity contribution in [2.45, 2.75) is 4.90 Å². The molecule has 0 aliphatic heterocycles. The Kier molecular flexibility index (Phi) is 3.95. The predicted molar refractivity (Wildman–Crippen MR) is 60.4 cm³/mol.